The van der Waals surface area contributed by atoms with Crippen molar-refractivity contribution >= 4 is 45.7 Å². The third-order valence-electron chi connectivity index (χ3n) is 3.00. The summed E-state index contributed by atoms with van der Waals surface area (Å²) < 4.78 is 6.16. The second-order valence-electron chi connectivity index (χ2n) is 4.56. The van der Waals surface area contributed by atoms with Crippen molar-refractivity contribution in [1.82, 2.24) is 5.43 Å². The second-order valence-corrected chi connectivity index (χ2v) is 5.72. The predicted molar refractivity (Wildman–Crippen MR) is 92.1 cm³/mol. The van der Waals surface area contributed by atoms with Crippen LogP contribution in [0.5, 0.6) is 5.75 Å². The quantitative estimate of drug-likeness (QED) is 0.397. The molecule has 0 bridgehead atoms. The SMILES string of the molecule is O=C(NN=Cc1ccc(O)c(I)c1)c1cc2ccccc2o1. The lowest BCUT2D eigenvalue weighted by Gasteiger charge is -1.98. The second kappa shape index (κ2) is 6.18. The van der Waals surface area contributed by atoms with Crippen LogP contribution in [0, 0.1) is 3.57 Å². The standard InChI is InChI=1S/C16H11IN2O3/c17-12-7-10(5-6-13(12)20)9-18-19-16(21)15-8-11-3-1-2-4-14(11)22-15/h1-9,20H,(H,19,21). The van der Waals surface area contributed by atoms with Crippen LogP contribution in [-0.4, -0.2) is 17.2 Å². The zero-order valence-corrected chi connectivity index (χ0v) is 13.4. The van der Waals surface area contributed by atoms with Crippen molar-refractivity contribution in [2.24, 2.45) is 5.10 Å². The van der Waals surface area contributed by atoms with Gasteiger partial charge < -0.3 is 9.52 Å². The van der Waals surface area contributed by atoms with Gasteiger partial charge >= 0.3 is 5.91 Å². The third-order valence-corrected chi connectivity index (χ3v) is 3.86. The number of amides is 1. The largest absolute Gasteiger partial charge is 0.507 e. The van der Waals surface area contributed by atoms with E-state index >= 15 is 0 Å². The summed E-state index contributed by atoms with van der Waals surface area (Å²) in [5.41, 5.74) is 3.84. The summed E-state index contributed by atoms with van der Waals surface area (Å²) in [6.45, 7) is 0. The molecule has 0 atom stereocenters. The number of hydrogen-bond acceptors (Lipinski definition) is 4. The summed E-state index contributed by atoms with van der Waals surface area (Å²) in [5.74, 6) is 0.00335. The molecule has 0 radical (unpaired) electrons. The lowest BCUT2D eigenvalue weighted by molar-refractivity contribution is 0.0929. The van der Waals surface area contributed by atoms with Gasteiger partial charge in [0, 0.05) is 5.39 Å². The van der Waals surface area contributed by atoms with E-state index in [1.807, 2.05) is 40.8 Å². The highest BCUT2D eigenvalue weighted by molar-refractivity contribution is 14.1. The molecule has 5 nitrogen and oxygen atoms in total. The van der Waals surface area contributed by atoms with Gasteiger partial charge in [-0.25, -0.2) is 5.43 Å². The van der Waals surface area contributed by atoms with Crippen LogP contribution >= 0.6 is 22.6 Å². The number of hydrazone groups is 1. The molecule has 0 spiro atoms. The van der Waals surface area contributed by atoms with Gasteiger partial charge in [-0.2, -0.15) is 5.10 Å². The molecule has 22 heavy (non-hydrogen) atoms. The number of furan rings is 1. The number of carbonyl (C=O) groups is 1. The van der Waals surface area contributed by atoms with Gasteiger partial charge in [0.25, 0.3) is 0 Å². The van der Waals surface area contributed by atoms with Crippen LogP contribution < -0.4 is 5.43 Å². The Bertz CT molecular complexity index is 838. The molecule has 0 aliphatic heterocycles. The van der Waals surface area contributed by atoms with Gasteiger partial charge in [-0.1, -0.05) is 18.2 Å². The van der Waals surface area contributed by atoms with Gasteiger partial charge in [0.15, 0.2) is 5.76 Å². The molecule has 6 heteroatoms. The van der Waals surface area contributed by atoms with E-state index in [1.54, 1.807) is 30.3 Å². The molecule has 3 aromatic rings. The molecular formula is C16H11IN2O3. The van der Waals surface area contributed by atoms with E-state index in [0.717, 1.165) is 10.9 Å². The molecule has 0 fully saturated rings. The van der Waals surface area contributed by atoms with Gasteiger partial charge in [-0.3, -0.25) is 4.79 Å². The molecule has 3 rings (SSSR count). The Balaban J connectivity index is 1.71. The highest BCUT2D eigenvalue weighted by atomic mass is 127. The Hall–Kier alpha value is -2.35. The molecule has 0 unspecified atom stereocenters. The maximum Gasteiger partial charge on any atom is 0.307 e. The Kier molecular flexibility index (Phi) is 4.10. The number of aromatic hydroxyl groups is 1. The van der Waals surface area contributed by atoms with Gasteiger partial charge in [-0.05, 0) is 58.5 Å². The molecule has 2 aromatic carbocycles. The number of hydrogen-bond donors (Lipinski definition) is 2. The Morgan fingerprint density at radius 3 is 2.82 bits per heavy atom. The maximum atomic E-state index is 12.0. The molecule has 110 valence electrons. The van der Waals surface area contributed by atoms with Crippen molar-refractivity contribution in [3.8, 4) is 5.75 Å². The third kappa shape index (κ3) is 3.11. The van der Waals surface area contributed by atoms with E-state index in [4.69, 9.17) is 4.42 Å². The number of nitrogens with zero attached hydrogens (tertiary/aromatic N) is 1. The first-order valence-corrected chi connectivity index (χ1v) is 7.52. The number of carbonyl (C=O) groups excluding carboxylic acids is 1. The topological polar surface area (TPSA) is 74.8 Å². The zero-order chi connectivity index (χ0) is 15.5. The summed E-state index contributed by atoms with van der Waals surface area (Å²) in [6.07, 6.45) is 1.50. The van der Waals surface area contributed by atoms with Crippen LogP contribution in [0.1, 0.15) is 16.1 Å². The number of nitrogens with one attached hydrogen (secondary N) is 1. The molecule has 0 saturated carbocycles. The first-order valence-electron chi connectivity index (χ1n) is 6.44. The Morgan fingerprint density at radius 1 is 1.23 bits per heavy atom. The summed E-state index contributed by atoms with van der Waals surface area (Å²) in [7, 11) is 0. The summed E-state index contributed by atoms with van der Waals surface area (Å²) >= 11 is 2.02. The van der Waals surface area contributed by atoms with E-state index in [0.29, 0.717) is 9.15 Å². The first kappa shape index (κ1) is 14.6. The number of halogens is 1. The van der Waals surface area contributed by atoms with Crippen LogP contribution in [0.25, 0.3) is 11.0 Å². The van der Waals surface area contributed by atoms with E-state index in [1.165, 1.54) is 6.21 Å². The highest BCUT2D eigenvalue weighted by Gasteiger charge is 2.10. The highest BCUT2D eigenvalue weighted by Crippen LogP contribution is 2.20. The van der Waals surface area contributed by atoms with Crippen LogP contribution in [-0.2, 0) is 0 Å². The van der Waals surface area contributed by atoms with E-state index in [9.17, 15) is 9.90 Å². The van der Waals surface area contributed by atoms with Crippen molar-refractivity contribution in [1.29, 1.82) is 0 Å². The van der Waals surface area contributed by atoms with Crippen molar-refractivity contribution in [2.45, 2.75) is 0 Å². The molecule has 0 saturated heterocycles. The van der Waals surface area contributed by atoms with Gasteiger partial charge in [0.2, 0.25) is 0 Å². The van der Waals surface area contributed by atoms with Crippen LogP contribution in [0.2, 0.25) is 0 Å². The Labute approximate surface area is 139 Å². The molecule has 1 aromatic heterocycles. The normalized spacial score (nSPS) is 11.1. The number of fused-ring (bicyclic) bond motifs is 1. The average molecular weight is 406 g/mol. The van der Waals surface area contributed by atoms with Gasteiger partial charge in [-0.15, -0.1) is 0 Å². The van der Waals surface area contributed by atoms with Crippen molar-refractivity contribution in [3.63, 3.8) is 0 Å². The predicted octanol–water partition coefficient (Wildman–Crippen LogP) is 3.51. The summed E-state index contributed by atoms with van der Waals surface area (Å²) in [4.78, 5) is 12.0. The first-order chi connectivity index (χ1) is 10.6. The summed E-state index contributed by atoms with van der Waals surface area (Å²) in [5, 5.41) is 14.2. The monoisotopic (exact) mass is 406 g/mol. The lowest BCUT2D eigenvalue weighted by Crippen LogP contribution is -2.16. The van der Waals surface area contributed by atoms with Crippen molar-refractivity contribution in [2.75, 3.05) is 0 Å². The van der Waals surface area contributed by atoms with Gasteiger partial charge in [0.05, 0.1) is 9.78 Å². The minimum atomic E-state index is -0.416. The van der Waals surface area contributed by atoms with Crippen molar-refractivity contribution < 1.29 is 14.3 Å². The number of phenolic OH excluding ortho intramolecular Hbond substituents is 1. The molecule has 1 heterocycles. The fourth-order valence-electron chi connectivity index (χ4n) is 1.92. The van der Waals surface area contributed by atoms with E-state index < -0.39 is 5.91 Å². The number of rotatable bonds is 3. The minimum Gasteiger partial charge on any atom is -0.507 e. The molecule has 0 aliphatic carbocycles. The number of para-hydroxylation sites is 1. The number of benzene rings is 2. The van der Waals surface area contributed by atoms with Crippen LogP contribution in [0.15, 0.2) is 58.0 Å². The van der Waals surface area contributed by atoms with Crippen LogP contribution in [0.3, 0.4) is 0 Å². The average Bonchev–Trinajstić information content (AvgIpc) is 2.95. The van der Waals surface area contributed by atoms with E-state index in [-0.39, 0.29) is 11.5 Å². The Morgan fingerprint density at radius 2 is 2.05 bits per heavy atom. The lowest BCUT2D eigenvalue weighted by atomic mass is 10.2. The minimum absolute atomic E-state index is 0.207. The van der Waals surface area contributed by atoms with Crippen LogP contribution in [0.4, 0.5) is 0 Å². The molecular weight excluding hydrogens is 395 g/mol. The summed E-state index contributed by atoms with van der Waals surface area (Å²) in [6, 6.07) is 14.1. The molecule has 1 amide bonds. The van der Waals surface area contributed by atoms with Crippen molar-refractivity contribution in [3.05, 3.63) is 63.4 Å². The van der Waals surface area contributed by atoms with E-state index in [2.05, 4.69) is 10.5 Å². The maximum absolute atomic E-state index is 12.0. The smallest absolute Gasteiger partial charge is 0.307 e. The number of phenols is 1. The fourth-order valence-corrected chi connectivity index (χ4v) is 2.46. The fraction of sp³-hybridized carbons (Fsp3) is 0. The molecule has 2 N–H and O–H groups in total. The van der Waals surface area contributed by atoms with Gasteiger partial charge in [0.1, 0.15) is 11.3 Å². The molecule has 0 aliphatic rings. The zero-order valence-electron chi connectivity index (χ0n) is 11.3.